The fourth-order valence-corrected chi connectivity index (χ4v) is 3.62. The van der Waals surface area contributed by atoms with Crippen LogP contribution in [0.2, 0.25) is 0 Å². The van der Waals surface area contributed by atoms with Crippen LogP contribution in [0.15, 0.2) is 56.1 Å². The highest BCUT2D eigenvalue weighted by Crippen LogP contribution is 2.43. The summed E-state index contributed by atoms with van der Waals surface area (Å²) >= 11 is 0. The molecular weight excluding hydrogens is 438 g/mol. The van der Waals surface area contributed by atoms with E-state index in [2.05, 4.69) is 5.32 Å². The third-order valence-electron chi connectivity index (χ3n) is 5.29. The first-order valence-corrected chi connectivity index (χ1v) is 11.0. The van der Waals surface area contributed by atoms with E-state index in [0.717, 1.165) is 10.9 Å². The van der Waals surface area contributed by atoms with Gasteiger partial charge >= 0.3 is 5.63 Å². The van der Waals surface area contributed by atoms with E-state index in [1.165, 1.54) is 6.07 Å². The van der Waals surface area contributed by atoms with Crippen molar-refractivity contribution >= 4 is 33.5 Å². The Kier molecular flexibility index (Phi) is 7.00. The number of fused-ring (bicyclic) bond motifs is 2. The van der Waals surface area contributed by atoms with E-state index in [1.54, 1.807) is 13.2 Å². The van der Waals surface area contributed by atoms with Crippen molar-refractivity contribution in [3.8, 4) is 17.1 Å². The summed E-state index contributed by atoms with van der Waals surface area (Å²) in [7, 11) is 1.59. The van der Waals surface area contributed by atoms with E-state index >= 15 is 0 Å². The zero-order chi connectivity index (χ0) is 24.2. The van der Waals surface area contributed by atoms with Gasteiger partial charge in [0.25, 0.3) is 0 Å². The Labute approximate surface area is 196 Å². The van der Waals surface area contributed by atoms with E-state index in [4.69, 9.17) is 23.0 Å². The number of methoxy groups -OCH3 is 1. The van der Waals surface area contributed by atoms with Crippen molar-refractivity contribution in [2.24, 2.45) is 5.92 Å². The van der Waals surface area contributed by atoms with Crippen molar-refractivity contribution in [1.82, 2.24) is 0 Å². The van der Waals surface area contributed by atoms with Gasteiger partial charge in [0.15, 0.2) is 12.6 Å². The van der Waals surface area contributed by atoms with Crippen LogP contribution in [-0.4, -0.2) is 33.0 Å². The molecule has 2 aromatic carbocycles. The van der Waals surface area contributed by atoms with Crippen LogP contribution in [0.5, 0.6) is 5.75 Å². The second-order valence-electron chi connectivity index (χ2n) is 8.22. The minimum atomic E-state index is -0.544. The van der Waals surface area contributed by atoms with E-state index < -0.39 is 5.63 Å². The first kappa shape index (κ1) is 23.5. The topological polar surface area (TPSA) is 100 Å². The van der Waals surface area contributed by atoms with Crippen LogP contribution in [0.1, 0.15) is 19.4 Å². The molecule has 0 saturated heterocycles. The zero-order valence-corrected chi connectivity index (χ0v) is 19.6. The van der Waals surface area contributed by atoms with Crippen molar-refractivity contribution in [2.75, 3.05) is 32.4 Å². The third-order valence-corrected chi connectivity index (χ3v) is 5.29. The standard InChI is InChI=1S/C26H27NO7/c1-15(2)26(29)27-24-17-7-5-6-8-19(17)34-25(24)18-13-22(28)33-21-12-16(3)11-20(23(18)21)32-14-31-10-9-30-4/h5-8,11-13,15H,9-10,14H2,1-4H3,(H,27,29). The molecule has 0 aliphatic carbocycles. The number of furan rings is 1. The highest BCUT2D eigenvalue weighted by atomic mass is 16.7. The molecule has 0 spiro atoms. The lowest BCUT2D eigenvalue weighted by Crippen LogP contribution is -2.18. The number of rotatable bonds is 9. The summed E-state index contributed by atoms with van der Waals surface area (Å²) in [6.07, 6.45) is 0. The van der Waals surface area contributed by atoms with Crippen LogP contribution in [-0.2, 0) is 14.3 Å². The average molecular weight is 466 g/mol. The molecule has 1 amide bonds. The van der Waals surface area contributed by atoms with E-state index in [0.29, 0.717) is 52.5 Å². The summed E-state index contributed by atoms with van der Waals surface area (Å²) in [6.45, 7) is 6.29. The number of hydrogen-bond donors (Lipinski definition) is 1. The number of benzene rings is 2. The number of nitrogens with one attached hydrogen (secondary N) is 1. The molecule has 2 heterocycles. The summed E-state index contributed by atoms with van der Waals surface area (Å²) in [5, 5.41) is 4.24. The van der Waals surface area contributed by atoms with E-state index in [9.17, 15) is 9.59 Å². The lowest BCUT2D eigenvalue weighted by Gasteiger charge is -2.14. The lowest BCUT2D eigenvalue weighted by molar-refractivity contribution is -0.118. The molecule has 2 aromatic heterocycles. The zero-order valence-electron chi connectivity index (χ0n) is 19.6. The molecule has 34 heavy (non-hydrogen) atoms. The number of carbonyl (C=O) groups is 1. The van der Waals surface area contributed by atoms with E-state index in [1.807, 2.05) is 51.1 Å². The van der Waals surface area contributed by atoms with Crippen molar-refractivity contribution < 1.29 is 27.8 Å². The van der Waals surface area contributed by atoms with Gasteiger partial charge in [-0.3, -0.25) is 4.79 Å². The van der Waals surface area contributed by atoms with Gasteiger partial charge in [0, 0.05) is 30.0 Å². The third kappa shape index (κ3) is 4.83. The van der Waals surface area contributed by atoms with Crippen LogP contribution in [0, 0.1) is 12.8 Å². The minimum absolute atomic E-state index is 0.0163. The largest absolute Gasteiger partial charge is 0.467 e. The maximum absolute atomic E-state index is 12.6. The second-order valence-corrected chi connectivity index (χ2v) is 8.22. The summed E-state index contributed by atoms with van der Waals surface area (Å²) < 4.78 is 28.0. The highest BCUT2D eigenvalue weighted by molar-refractivity contribution is 6.10. The van der Waals surface area contributed by atoms with Gasteiger partial charge in [-0.15, -0.1) is 0 Å². The fourth-order valence-electron chi connectivity index (χ4n) is 3.62. The molecule has 0 bridgehead atoms. The molecule has 8 heteroatoms. The Hall–Kier alpha value is -3.62. The molecule has 178 valence electrons. The van der Waals surface area contributed by atoms with Gasteiger partial charge in [-0.1, -0.05) is 26.0 Å². The van der Waals surface area contributed by atoms with Gasteiger partial charge in [-0.05, 0) is 36.8 Å². The number of amides is 1. The SMILES string of the molecule is COCCOCOc1cc(C)cc2oc(=O)cc(-c3oc4ccccc4c3NC(=O)C(C)C)c12. The lowest BCUT2D eigenvalue weighted by atomic mass is 10.0. The first-order chi connectivity index (χ1) is 16.4. The quantitative estimate of drug-likeness (QED) is 0.208. The van der Waals surface area contributed by atoms with Crippen LogP contribution >= 0.6 is 0 Å². The summed E-state index contributed by atoms with van der Waals surface area (Å²) in [5.74, 6) is 0.402. The number of carbonyl (C=O) groups excluding carboxylic acids is 1. The molecule has 0 radical (unpaired) electrons. The molecule has 0 atom stereocenters. The summed E-state index contributed by atoms with van der Waals surface area (Å²) in [4.78, 5) is 25.1. The first-order valence-electron chi connectivity index (χ1n) is 11.0. The molecule has 4 aromatic rings. The molecule has 1 N–H and O–H groups in total. The number of hydrogen-bond acceptors (Lipinski definition) is 7. The number of para-hydroxylation sites is 1. The molecule has 0 saturated carbocycles. The van der Waals surface area contributed by atoms with Gasteiger partial charge < -0.3 is 28.4 Å². The summed E-state index contributed by atoms with van der Waals surface area (Å²) in [5.41, 5.74) is 2.17. The highest BCUT2D eigenvalue weighted by Gasteiger charge is 2.24. The van der Waals surface area contributed by atoms with Crippen LogP contribution < -0.4 is 15.7 Å². The van der Waals surface area contributed by atoms with Crippen molar-refractivity contribution in [2.45, 2.75) is 20.8 Å². The fraction of sp³-hybridized carbons (Fsp3) is 0.308. The van der Waals surface area contributed by atoms with Gasteiger partial charge in [-0.25, -0.2) is 4.79 Å². The Balaban J connectivity index is 1.90. The average Bonchev–Trinajstić information content (AvgIpc) is 3.16. The Morgan fingerprint density at radius 2 is 1.85 bits per heavy atom. The second kappa shape index (κ2) is 10.1. The normalized spacial score (nSPS) is 11.4. The molecular formula is C26H27NO7. The maximum atomic E-state index is 12.6. The minimum Gasteiger partial charge on any atom is -0.467 e. The molecule has 8 nitrogen and oxygen atoms in total. The molecule has 0 fully saturated rings. The molecule has 0 unspecified atom stereocenters. The van der Waals surface area contributed by atoms with Crippen molar-refractivity contribution in [3.63, 3.8) is 0 Å². The van der Waals surface area contributed by atoms with E-state index in [-0.39, 0.29) is 18.6 Å². The molecule has 4 rings (SSSR count). The van der Waals surface area contributed by atoms with Crippen molar-refractivity contribution in [3.05, 3.63) is 58.4 Å². The van der Waals surface area contributed by atoms with Gasteiger partial charge in [0.2, 0.25) is 5.91 Å². The number of aryl methyl sites for hydroxylation is 1. The monoisotopic (exact) mass is 465 g/mol. The van der Waals surface area contributed by atoms with Gasteiger partial charge in [-0.2, -0.15) is 0 Å². The van der Waals surface area contributed by atoms with Crippen LogP contribution in [0.4, 0.5) is 5.69 Å². The Bertz CT molecular complexity index is 1380. The number of ether oxygens (including phenoxy) is 3. The molecule has 0 aliphatic rings. The van der Waals surface area contributed by atoms with Crippen LogP contribution in [0.25, 0.3) is 33.3 Å². The number of anilines is 1. The predicted octanol–water partition coefficient (Wildman–Crippen LogP) is 5.11. The predicted molar refractivity (Wildman–Crippen MR) is 129 cm³/mol. The molecule has 0 aliphatic heterocycles. The van der Waals surface area contributed by atoms with Gasteiger partial charge in [0.1, 0.15) is 16.9 Å². The Morgan fingerprint density at radius 3 is 2.62 bits per heavy atom. The smallest absolute Gasteiger partial charge is 0.336 e. The Morgan fingerprint density at radius 1 is 1.06 bits per heavy atom. The van der Waals surface area contributed by atoms with Crippen LogP contribution in [0.3, 0.4) is 0 Å². The summed E-state index contributed by atoms with van der Waals surface area (Å²) in [6, 6.07) is 12.3. The van der Waals surface area contributed by atoms with Gasteiger partial charge in [0.05, 0.1) is 24.3 Å². The van der Waals surface area contributed by atoms with Crippen molar-refractivity contribution in [1.29, 1.82) is 0 Å². The maximum Gasteiger partial charge on any atom is 0.336 e.